The van der Waals surface area contributed by atoms with Crippen LogP contribution in [-0.4, -0.2) is 9.13 Å². The van der Waals surface area contributed by atoms with Crippen LogP contribution in [0.4, 0.5) is 0 Å². The number of furan rings is 1. The monoisotopic (exact) mass is 650 g/mol. The molecule has 0 atom stereocenters. The van der Waals surface area contributed by atoms with E-state index in [0.29, 0.717) is 0 Å². The third-order valence-corrected chi connectivity index (χ3v) is 10.5. The Labute approximate surface area is 293 Å². The largest absolute Gasteiger partial charge is 0.456 e. The number of rotatable bonds is 4. The smallest absolute Gasteiger partial charge is 0.135 e. The second-order valence-corrected chi connectivity index (χ2v) is 13.3. The quantitative estimate of drug-likeness (QED) is 0.186. The molecule has 0 aliphatic heterocycles. The fourth-order valence-corrected chi connectivity index (χ4v) is 8.32. The summed E-state index contributed by atoms with van der Waals surface area (Å²) in [6, 6.07) is 65.6. The molecule has 0 aliphatic carbocycles. The Bertz CT molecular complexity index is 3140. The maximum absolute atomic E-state index is 6.19. The molecule has 0 fully saturated rings. The van der Waals surface area contributed by atoms with E-state index in [1.54, 1.807) is 0 Å². The highest BCUT2D eigenvalue weighted by molar-refractivity contribution is 6.17. The highest BCUT2D eigenvalue weighted by Crippen LogP contribution is 2.43. The molecule has 238 valence electrons. The Hall–Kier alpha value is -6.84. The first-order valence-electron chi connectivity index (χ1n) is 17.4. The minimum Gasteiger partial charge on any atom is -0.456 e. The van der Waals surface area contributed by atoms with Crippen molar-refractivity contribution in [1.29, 1.82) is 0 Å². The van der Waals surface area contributed by atoms with Crippen LogP contribution >= 0.6 is 0 Å². The number of para-hydroxylation sites is 5. The van der Waals surface area contributed by atoms with Crippen molar-refractivity contribution in [2.75, 3.05) is 0 Å². The van der Waals surface area contributed by atoms with Crippen LogP contribution in [0.15, 0.2) is 186 Å². The van der Waals surface area contributed by atoms with Crippen LogP contribution in [0.2, 0.25) is 0 Å². The van der Waals surface area contributed by atoms with E-state index in [4.69, 9.17) is 4.42 Å². The molecule has 11 rings (SSSR count). The van der Waals surface area contributed by atoms with Gasteiger partial charge in [-0.1, -0.05) is 121 Å². The molecule has 11 aromatic rings. The Morgan fingerprint density at radius 1 is 0.333 bits per heavy atom. The van der Waals surface area contributed by atoms with Gasteiger partial charge < -0.3 is 13.6 Å². The minimum absolute atomic E-state index is 0.905. The summed E-state index contributed by atoms with van der Waals surface area (Å²) in [5, 5.41) is 7.26. The Kier molecular flexibility index (Phi) is 5.96. The zero-order chi connectivity index (χ0) is 33.5. The lowest BCUT2D eigenvalue weighted by Gasteiger charge is -2.14. The standard InChI is InChI=1S/C48H30N2O/c1-2-13-33(14-3-1)49-42-21-9-5-16-36(42)37-27-25-32(30-45(37)49)35-19-12-23-44-48(35)39-18-6-10-22-43(39)50(44)41-20-8-4-15-34(41)31-26-28-47-40(29-31)38-17-7-11-24-46(38)51-47/h1-30H. The molecule has 0 amide bonds. The van der Waals surface area contributed by atoms with Crippen LogP contribution in [0.5, 0.6) is 0 Å². The summed E-state index contributed by atoms with van der Waals surface area (Å²) < 4.78 is 11.0. The second kappa shape index (κ2) is 10.8. The SMILES string of the molecule is c1ccc(-n2c3ccccc3c3ccc(-c4cccc5c4c4ccccc4n5-c4ccccc4-c4ccc5oc6ccccc6c5c4)cc32)cc1. The zero-order valence-electron chi connectivity index (χ0n) is 27.6. The van der Waals surface area contributed by atoms with Gasteiger partial charge >= 0.3 is 0 Å². The van der Waals surface area contributed by atoms with Crippen LogP contribution < -0.4 is 0 Å². The molecule has 0 aliphatic rings. The summed E-state index contributed by atoms with van der Waals surface area (Å²) in [6.45, 7) is 0. The van der Waals surface area contributed by atoms with Crippen molar-refractivity contribution in [3.8, 4) is 33.6 Å². The van der Waals surface area contributed by atoms with Gasteiger partial charge in [0, 0.05) is 43.6 Å². The van der Waals surface area contributed by atoms with Crippen LogP contribution in [0.1, 0.15) is 0 Å². The molecule has 3 nitrogen and oxygen atoms in total. The van der Waals surface area contributed by atoms with Gasteiger partial charge in [-0.25, -0.2) is 0 Å². The third-order valence-electron chi connectivity index (χ3n) is 10.5. The van der Waals surface area contributed by atoms with Gasteiger partial charge in [-0.05, 0) is 77.4 Å². The number of benzene rings is 8. The lowest BCUT2D eigenvalue weighted by molar-refractivity contribution is 0.669. The maximum Gasteiger partial charge on any atom is 0.135 e. The minimum atomic E-state index is 0.905. The average Bonchev–Trinajstić information content (AvgIpc) is 3.85. The van der Waals surface area contributed by atoms with Crippen molar-refractivity contribution in [2.45, 2.75) is 0 Å². The van der Waals surface area contributed by atoms with E-state index in [9.17, 15) is 0 Å². The first-order valence-corrected chi connectivity index (χ1v) is 17.4. The molecule has 51 heavy (non-hydrogen) atoms. The predicted octanol–water partition coefficient (Wildman–Crippen LogP) is 13.1. The molecular formula is C48H30N2O. The highest BCUT2D eigenvalue weighted by atomic mass is 16.3. The zero-order valence-corrected chi connectivity index (χ0v) is 27.6. The summed E-state index contributed by atoms with van der Waals surface area (Å²) in [4.78, 5) is 0. The number of fused-ring (bicyclic) bond motifs is 9. The van der Waals surface area contributed by atoms with Crippen LogP contribution in [0.25, 0.3) is 99.2 Å². The van der Waals surface area contributed by atoms with Gasteiger partial charge in [0.05, 0.1) is 27.8 Å². The molecule has 0 saturated carbocycles. The summed E-state index contributed by atoms with van der Waals surface area (Å²) >= 11 is 0. The van der Waals surface area contributed by atoms with Gasteiger partial charge in [0.2, 0.25) is 0 Å². The molecule has 3 aromatic heterocycles. The number of hydrogen-bond donors (Lipinski definition) is 0. The van der Waals surface area contributed by atoms with Gasteiger partial charge in [0.15, 0.2) is 0 Å². The molecule has 0 bridgehead atoms. The molecule has 3 heterocycles. The molecule has 0 N–H and O–H groups in total. The molecule has 0 unspecified atom stereocenters. The first kappa shape index (κ1) is 28.0. The normalized spacial score (nSPS) is 11.9. The first-order chi connectivity index (χ1) is 25.3. The molecule has 3 heteroatoms. The van der Waals surface area contributed by atoms with E-state index in [-0.39, 0.29) is 0 Å². The van der Waals surface area contributed by atoms with Crippen molar-refractivity contribution in [3.63, 3.8) is 0 Å². The summed E-state index contributed by atoms with van der Waals surface area (Å²) in [7, 11) is 0. The summed E-state index contributed by atoms with van der Waals surface area (Å²) in [5.41, 5.74) is 13.6. The fraction of sp³-hybridized carbons (Fsp3) is 0. The van der Waals surface area contributed by atoms with Crippen molar-refractivity contribution >= 4 is 65.6 Å². The highest BCUT2D eigenvalue weighted by Gasteiger charge is 2.20. The topological polar surface area (TPSA) is 23.0 Å². The van der Waals surface area contributed by atoms with Gasteiger partial charge in [-0.3, -0.25) is 0 Å². The van der Waals surface area contributed by atoms with Gasteiger partial charge in [-0.15, -0.1) is 0 Å². The van der Waals surface area contributed by atoms with Crippen LogP contribution in [0.3, 0.4) is 0 Å². The van der Waals surface area contributed by atoms with Gasteiger partial charge in [0.25, 0.3) is 0 Å². The van der Waals surface area contributed by atoms with Crippen molar-refractivity contribution in [2.24, 2.45) is 0 Å². The molecule has 0 saturated heterocycles. The third kappa shape index (κ3) is 4.12. The number of aromatic nitrogens is 2. The lowest BCUT2D eigenvalue weighted by atomic mass is 9.98. The predicted molar refractivity (Wildman–Crippen MR) is 213 cm³/mol. The number of nitrogens with zero attached hydrogens (tertiary/aromatic N) is 2. The van der Waals surface area contributed by atoms with E-state index in [1.807, 2.05) is 12.1 Å². The van der Waals surface area contributed by atoms with Gasteiger partial charge in [0.1, 0.15) is 11.2 Å². The van der Waals surface area contributed by atoms with Crippen LogP contribution in [0, 0.1) is 0 Å². The summed E-state index contributed by atoms with van der Waals surface area (Å²) in [5.74, 6) is 0. The molecule has 8 aromatic carbocycles. The lowest BCUT2D eigenvalue weighted by Crippen LogP contribution is -1.97. The van der Waals surface area contributed by atoms with Crippen molar-refractivity contribution < 1.29 is 4.42 Å². The van der Waals surface area contributed by atoms with E-state index in [1.165, 1.54) is 60.3 Å². The van der Waals surface area contributed by atoms with Crippen molar-refractivity contribution in [1.82, 2.24) is 9.13 Å². The van der Waals surface area contributed by atoms with Crippen LogP contribution in [-0.2, 0) is 0 Å². The average molecular weight is 651 g/mol. The Balaban J connectivity index is 1.16. The second-order valence-electron chi connectivity index (χ2n) is 13.3. The summed E-state index contributed by atoms with van der Waals surface area (Å²) in [6.07, 6.45) is 0. The maximum atomic E-state index is 6.19. The molecule has 0 spiro atoms. The molecule has 0 radical (unpaired) electrons. The fourth-order valence-electron chi connectivity index (χ4n) is 8.32. The van der Waals surface area contributed by atoms with E-state index < -0.39 is 0 Å². The Morgan fingerprint density at radius 3 is 1.82 bits per heavy atom. The van der Waals surface area contributed by atoms with E-state index in [0.717, 1.165) is 38.9 Å². The van der Waals surface area contributed by atoms with Crippen molar-refractivity contribution in [3.05, 3.63) is 182 Å². The molecular weight excluding hydrogens is 621 g/mol. The number of hydrogen-bond acceptors (Lipinski definition) is 1. The van der Waals surface area contributed by atoms with E-state index in [2.05, 4.69) is 179 Å². The van der Waals surface area contributed by atoms with Gasteiger partial charge in [-0.2, -0.15) is 0 Å². The Morgan fingerprint density at radius 2 is 0.941 bits per heavy atom. The van der Waals surface area contributed by atoms with E-state index >= 15 is 0 Å².